The van der Waals surface area contributed by atoms with Gasteiger partial charge in [0.25, 0.3) is 0 Å². The van der Waals surface area contributed by atoms with Crippen molar-refractivity contribution in [2.45, 2.75) is 0 Å². The molecule has 0 saturated heterocycles. The van der Waals surface area contributed by atoms with Gasteiger partial charge in [-0.2, -0.15) is 0 Å². The van der Waals surface area contributed by atoms with E-state index in [1.165, 1.54) is 0 Å². The Kier molecular flexibility index (Phi) is 5.56. The Morgan fingerprint density at radius 2 is 1.09 bits per heavy atom. The van der Waals surface area contributed by atoms with Crippen LogP contribution in [0.3, 0.4) is 0 Å². The van der Waals surface area contributed by atoms with E-state index in [1.54, 1.807) is 10.6 Å². The first-order valence-electron chi connectivity index (χ1n) is 22.4. The number of para-hydroxylation sites is 4. The van der Waals surface area contributed by atoms with Gasteiger partial charge in [0.1, 0.15) is 5.58 Å². The fourth-order valence-electron chi connectivity index (χ4n) is 8.59. The Labute approximate surface area is 338 Å². The van der Waals surface area contributed by atoms with Crippen LogP contribution in [0.25, 0.3) is 110 Å². The predicted molar refractivity (Wildman–Crippen MR) is 239 cm³/mol. The monoisotopic (exact) mass is 733 g/mol. The van der Waals surface area contributed by atoms with E-state index in [0.717, 1.165) is 60.5 Å². The minimum absolute atomic E-state index is 0.105. The zero-order chi connectivity index (χ0) is 43.5. The summed E-state index contributed by atoms with van der Waals surface area (Å²) < 4.78 is 75.6. The van der Waals surface area contributed by atoms with Crippen LogP contribution in [0.5, 0.6) is 0 Å². The summed E-state index contributed by atoms with van der Waals surface area (Å²) in [7, 11) is 0. The van der Waals surface area contributed by atoms with Crippen molar-refractivity contribution in [3.63, 3.8) is 0 Å². The zero-order valence-electron chi connectivity index (χ0n) is 37.4. The van der Waals surface area contributed by atoms with Crippen molar-refractivity contribution in [3.05, 3.63) is 206 Å². The summed E-state index contributed by atoms with van der Waals surface area (Å²) in [6, 6.07) is 52.3. The molecule has 0 spiro atoms. The van der Waals surface area contributed by atoms with E-state index in [0.29, 0.717) is 22.4 Å². The lowest BCUT2D eigenvalue weighted by Gasteiger charge is -2.13. The lowest BCUT2D eigenvalue weighted by molar-refractivity contribution is 0.666. The maximum Gasteiger partial charge on any atom is 0.159 e. The normalized spacial score (nSPS) is 13.6. The first kappa shape index (κ1) is 25.5. The molecule has 0 fully saturated rings. The van der Waals surface area contributed by atoms with E-state index in [9.17, 15) is 6.85 Å². The van der Waals surface area contributed by atoms with E-state index in [2.05, 4.69) is 65.2 Å². The number of rotatable bonds is 5. The predicted octanol–water partition coefficient (Wildman–Crippen LogP) is 14.8. The summed E-state index contributed by atoms with van der Waals surface area (Å²) in [5, 5.41) is 3.80. The van der Waals surface area contributed by atoms with Crippen LogP contribution >= 0.6 is 0 Å². The Hall–Kier alpha value is -7.62. The molecule has 12 rings (SSSR count). The molecule has 0 aliphatic rings. The first-order chi connectivity index (χ1) is 31.2. The number of fused-ring (bicyclic) bond motifs is 9. The average Bonchev–Trinajstić information content (AvgIpc) is 4.01. The van der Waals surface area contributed by atoms with Crippen molar-refractivity contribution in [2.24, 2.45) is 0 Å². The third kappa shape index (κ3) is 4.86. The minimum Gasteiger partial charge on any atom is -0.454 e. The Balaban J connectivity index is 1.14. The second-order valence-corrected chi connectivity index (χ2v) is 14.3. The molecule has 57 heavy (non-hydrogen) atoms. The van der Waals surface area contributed by atoms with Crippen molar-refractivity contribution in [2.75, 3.05) is 0 Å². The van der Waals surface area contributed by atoms with Crippen LogP contribution in [-0.2, 0) is 0 Å². The van der Waals surface area contributed by atoms with Gasteiger partial charge in [0.15, 0.2) is 5.58 Å². The molecular weight excluding hydrogens is 693 g/mol. The molecule has 266 valence electrons. The summed E-state index contributed by atoms with van der Waals surface area (Å²) in [6.07, 6.45) is 0. The SMILES string of the molecule is [2H]c1c([2H])c([2H])c2c(c1[2H])c1c([2H])c(-c3ccc4c(c3)c3cccc(-c5ccccc5)c3n4-c3ccc(-c4ccccc4)cc3)c([2H])c([2H])c1n2-c1cccc2c1oc1ccccc12. The van der Waals surface area contributed by atoms with Gasteiger partial charge in [-0.1, -0.05) is 152 Å². The van der Waals surface area contributed by atoms with Crippen LogP contribution < -0.4 is 0 Å². The summed E-state index contributed by atoms with van der Waals surface area (Å²) in [4.78, 5) is 0. The van der Waals surface area contributed by atoms with E-state index in [1.807, 2.05) is 97.1 Å². The molecular formula is C54H34N2O. The fourth-order valence-corrected chi connectivity index (χ4v) is 8.59. The smallest absolute Gasteiger partial charge is 0.159 e. The van der Waals surface area contributed by atoms with Gasteiger partial charge in [-0.15, -0.1) is 0 Å². The van der Waals surface area contributed by atoms with Crippen LogP contribution in [0.4, 0.5) is 0 Å². The highest BCUT2D eigenvalue weighted by Gasteiger charge is 2.20. The molecule has 3 aromatic heterocycles. The highest BCUT2D eigenvalue weighted by Crippen LogP contribution is 2.42. The topological polar surface area (TPSA) is 23.0 Å². The summed E-state index contributed by atoms with van der Waals surface area (Å²) in [5.74, 6) is 0. The van der Waals surface area contributed by atoms with Gasteiger partial charge < -0.3 is 13.6 Å². The molecule has 3 heteroatoms. The highest BCUT2D eigenvalue weighted by molar-refractivity contribution is 6.16. The molecule has 0 radical (unpaired) electrons. The van der Waals surface area contributed by atoms with E-state index in [-0.39, 0.29) is 57.6 Å². The van der Waals surface area contributed by atoms with Gasteiger partial charge in [0, 0.05) is 43.6 Å². The second-order valence-electron chi connectivity index (χ2n) is 14.3. The number of furan rings is 1. The molecule has 0 aliphatic carbocycles. The molecule has 3 heterocycles. The van der Waals surface area contributed by atoms with Gasteiger partial charge in [-0.05, 0) is 82.3 Å². The van der Waals surface area contributed by atoms with Crippen LogP contribution in [0, 0.1) is 0 Å². The van der Waals surface area contributed by atoms with Gasteiger partial charge in [-0.25, -0.2) is 0 Å². The van der Waals surface area contributed by atoms with Gasteiger partial charge >= 0.3 is 0 Å². The molecule has 0 bridgehead atoms. The number of benzene rings is 9. The van der Waals surface area contributed by atoms with Crippen molar-refractivity contribution in [1.82, 2.24) is 9.13 Å². The van der Waals surface area contributed by atoms with Crippen molar-refractivity contribution < 1.29 is 14.0 Å². The van der Waals surface area contributed by atoms with E-state index < -0.39 is 12.1 Å². The van der Waals surface area contributed by atoms with Crippen molar-refractivity contribution in [1.29, 1.82) is 0 Å². The lowest BCUT2D eigenvalue weighted by Crippen LogP contribution is -1.95. The third-order valence-electron chi connectivity index (χ3n) is 11.2. The number of hydrogen-bond donors (Lipinski definition) is 0. The Morgan fingerprint density at radius 3 is 1.95 bits per heavy atom. The number of aromatic nitrogens is 2. The van der Waals surface area contributed by atoms with Gasteiger partial charge in [0.05, 0.1) is 37.3 Å². The maximum absolute atomic E-state index is 9.96. The zero-order valence-corrected chi connectivity index (χ0v) is 30.4. The number of hydrogen-bond acceptors (Lipinski definition) is 1. The molecule has 0 N–H and O–H groups in total. The summed E-state index contributed by atoms with van der Waals surface area (Å²) in [5.41, 5.74) is 9.74. The molecule has 9 aromatic carbocycles. The van der Waals surface area contributed by atoms with E-state index in [4.69, 9.17) is 7.16 Å². The van der Waals surface area contributed by atoms with Crippen LogP contribution in [0.2, 0.25) is 0 Å². The summed E-state index contributed by atoms with van der Waals surface area (Å²) >= 11 is 0. The van der Waals surface area contributed by atoms with Crippen LogP contribution in [0.15, 0.2) is 211 Å². The third-order valence-corrected chi connectivity index (χ3v) is 11.2. The largest absolute Gasteiger partial charge is 0.454 e. The fraction of sp³-hybridized carbons (Fsp3) is 0. The van der Waals surface area contributed by atoms with Crippen molar-refractivity contribution >= 4 is 65.6 Å². The molecule has 0 amide bonds. The lowest BCUT2D eigenvalue weighted by atomic mass is 9.99. The Morgan fingerprint density at radius 1 is 0.404 bits per heavy atom. The minimum atomic E-state index is -0.443. The van der Waals surface area contributed by atoms with Crippen molar-refractivity contribution in [3.8, 4) is 44.8 Å². The second kappa shape index (κ2) is 12.5. The van der Waals surface area contributed by atoms with Crippen LogP contribution in [-0.4, -0.2) is 9.13 Å². The molecule has 12 aromatic rings. The highest BCUT2D eigenvalue weighted by atomic mass is 16.3. The maximum atomic E-state index is 9.96. The average molecular weight is 734 g/mol. The molecule has 0 unspecified atom stereocenters. The van der Waals surface area contributed by atoms with E-state index >= 15 is 0 Å². The van der Waals surface area contributed by atoms with Crippen LogP contribution in [0.1, 0.15) is 9.60 Å². The number of nitrogens with zero attached hydrogens (tertiary/aromatic N) is 2. The summed E-state index contributed by atoms with van der Waals surface area (Å²) in [6.45, 7) is 0. The first-order valence-corrected chi connectivity index (χ1v) is 18.9. The molecule has 0 atom stereocenters. The molecule has 0 aliphatic heterocycles. The molecule has 3 nitrogen and oxygen atoms in total. The quantitative estimate of drug-likeness (QED) is 0.173. The Bertz CT molecular complexity index is 3910. The standard InChI is InChI=1S/C54H34N2O/c1-3-13-35(14-4-1)36-25-29-40(30-26-36)55-49-31-27-39(34-47(49)44-20-11-19-41(53(44)55)37-15-5-2-6-16-37)38-28-32-50-46(33-38)42-17-7-9-22-48(42)56(50)51-23-12-21-45-43-18-8-10-24-52(43)57-54(45)51/h1-34H/i7D,9D,17D,22D,28D,32D,33D. The van der Waals surface area contributed by atoms with Gasteiger partial charge in [0.2, 0.25) is 0 Å². The molecule has 0 saturated carbocycles. The van der Waals surface area contributed by atoms with Gasteiger partial charge in [-0.3, -0.25) is 0 Å².